The Morgan fingerprint density at radius 2 is 2.22 bits per heavy atom. The summed E-state index contributed by atoms with van der Waals surface area (Å²) in [6.07, 6.45) is 3.72. The Balaban J connectivity index is 2.35. The van der Waals surface area contributed by atoms with Gasteiger partial charge < -0.3 is 4.74 Å². The molecule has 0 unspecified atom stereocenters. The highest BCUT2D eigenvalue weighted by molar-refractivity contribution is 9.10. The molecule has 0 aromatic carbocycles. The molecule has 100 valence electrons. The van der Waals surface area contributed by atoms with Crippen molar-refractivity contribution in [1.29, 1.82) is 0 Å². The Morgan fingerprint density at radius 1 is 1.56 bits per heavy atom. The van der Waals surface area contributed by atoms with Crippen LogP contribution in [-0.4, -0.2) is 38.4 Å². The first-order valence-corrected chi connectivity index (χ1v) is 7.84. The second-order valence-corrected chi connectivity index (χ2v) is 7.32. The largest absolute Gasteiger partial charge is 0.480 e. The maximum Gasteiger partial charge on any atom is 0.248 e. The summed E-state index contributed by atoms with van der Waals surface area (Å²) in [6.45, 7) is 0.554. The van der Waals surface area contributed by atoms with Crippen LogP contribution < -0.4 is 4.74 Å². The van der Waals surface area contributed by atoms with Crippen LogP contribution in [0.3, 0.4) is 0 Å². The number of rotatable bonds is 5. The van der Waals surface area contributed by atoms with Crippen molar-refractivity contribution >= 4 is 26.0 Å². The number of ether oxygens (including phenoxy) is 1. The zero-order chi connectivity index (χ0) is 13.3. The van der Waals surface area contributed by atoms with Gasteiger partial charge in [0.25, 0.3) is 0 Å². The predicted molar refractivity (Wildman–Crippen MR) is 71.0 cm³/mol. The van der Waals surface area contributed by atoms with Crippen molar-refractivity contribution in [3.05, 3.63) is 16.7 Å². The molecule has 5 nitrogen and oxygen atoms in total. The van der Waals surface area contributed by atoms with E-state index >= 15 is 0 Å². The minimum atomic E-state index is -3.54. The van der Waals surface area contributed by atoms with Crippen LogP contribution >= 0.6 is 15.9 Å². The Kier molecular flexibility index (Phi) is 3.93. The van der Waals surface area contributed by atoms with Crippen molar-refractivity contribution in [3.8, 4) is 5.88 Å². The molecule has 0 spiro atoms. The average Bonchev–Trinajstić information content (AvgIpc) is 3.12. The van der Waals surface area contributed by atoms with Crippen molar-refractivity contribution < 1.29 is 13.2 Å². The van der Waals surface area contributed by atoms with Crippen molar-refractivity contribution in [2.24, 2.45) is 5.92 Å². The number of hydrogen-bond donors (Lipinski definition) is 0. The second kappa shape index (κ2) is 5.14. The second-order valence-electron chi connectivity index (χ2n) is 4.39. The number of sulfonamides is 1. The van der Waals surface area contributed by atoms with Gasteiger partial charge >= 0.3 is 0 Å². The monoisotopic (exact) mass is 334 g/mol. The number of hydrogen-bond acceptors (Lipinski definition) is 4. The van der Waals surface area contributed by atoms with Gasteiger partial charge in [-0.2, -0.15) is 0 Å². The summed E-state index contributed by atoms with van der Waals surface area (Å²) in [6, 6.07) is 1.52. The quantitative estimate of drug-likeness (QED) is 0.824. The lowest BCUT2D eigenvalue weighted by molar-refractivity contribution is 0.380. The van der Waals surface area contributed by atoms with E-state index in [1.54, 1.807) is 7.05 Å². The number of methoxy groups -OCH3 is 1. The normalized spacial score (nSPS) is 16.0. The zero-order valence-electron chi connectivity index (χ0n) is 10.3. The van der Waals surface area contributed by atoms with Crippen LogP contribution in [-0.2, 0) is 10.0 Å². The standard InChI is InChI=1S/C11H15BrN2O3S/c1-14(7-8-3-4-8)18(15,16)10-5-9(12)6-13-11(10)17-2/h5-6,8H,3-4,7H2,1-2H3. The summed E-state index contributed by atoms with van der Waals surface area (Å²) >= 11 is 3.23. The van der Waals surface area contributed by atoms with Gasteiger partial charge in [-0.05, 0) is 40.8 Å². The van der Waals surface area contributed by atoms with Gasteiger partial charge in [-0.3, -0.25) is 0 Å². The van der Waals surface area contributed by atoms with E-state index in [0.29, 0.717) is 16.9 Å². The highest BCUT2D eigenvalue weighted by Gasteiger charge is 2.31. The fraction of sp³-hybridized carbons (Fsp3) is 0.545. The third-order valence-electron chi connectivity index (χ3n) is 2.88. The summed E-state index contributed by atoms with van der Waals surface area (Å²) in [4.78, 5) is 4.06. The molecule has 1 heterocycles. The van der Waals surface area contributed by atoms with Crippen molar-refractivity contribution in [2.75, 3.05) is 20.7 Å². The van der Waals surface area contributed by atoms with Gasteiger partial charge in [0.1, 0.15) is 4.90 Å². The molecule has 1 aliphatic carbocycles. The molecule has 1 aromatic rings. The van der Waals surface area contributed by atoms with E-state index in [4.69, 9.17) is 4.74 Å². The molecule has 0 aliphatic heterocycles. The van der Waals surface area contributed by atoms with Crippen LogP contribution in [0.2, 0.25) is 0 Å². The van der Waals surface area contributed by atoms with Crippen LogP contribution in [0.1, 0.15) is 12.8 Å². The lowest BCUT2D eigenvalue weighted by Gasteiger charge is -2.18. The summed E-state index contributed by atoms with van der Waals surface area (Å²) in [7, 11) is -0.539. The molecule has 0 atom stereocenters. The van der Waals surface area contributed by atoms with E-state index in [2.05, 4.69) is 20.9 Å². The van der Waals surface area contributed by atoms with Gasteiger partial charge in [0.2, 0.25) is 15.9 Å². The molecular formula is C11H15BrN2O3S. The topological polar surface area (TPSA) is 59.5 Å². The van der Waals surface area contributed by atoms with Gasteiger partial charge in [-0.1, -0.05) is 0 Å². The molecule has 0 N–H and O–H groups in total. The molecule has 1 aromatic heterocycles. The minimum Gasteiger partial charge on any atom is -0.480 e. The van der Waals surface area contributed by atoms with Gasteiger partial charge in [0, 0.05) is 24.3 Å². The van der Waals surface area contributed by atoms with Gasteiger partial charge in [-0.25, -0.2) is 17.7 Å². The smallest absolute Gasteiger partial charge is 0.248 e. The fourth-order valence-corrected chi connectivity index (χ4v) is 3.53. The fourth-order valence-electron chi connectivity index (χ4n) is 1.68. The van der Waals surface area contributed by atoms with Crippen molar-refractivity contribution in [3.63, 3.8) is 0 Å². The Hall–Kier alpha value is -0.660. The number of pyridine rings is 1. The third kappa shape index (κ3) is 2.84. The molecule has 0 bridgehead atoms. The number of aromatic nitrogens is 1. The minimum absolute atomic E-state index is 0.0996. The van der Waals surface area contributed by atoms with E-state index in [1.807, 2.05) is 0 Å². The molecule has 0 amide bonds. The van der Waals surface area contributed by atoms with E-state index in [9.17, 15) is 8.42 Å². The molecule has 1 saturated carbocycles. The maximum absolute atomic E-state index is 12.4. The van der Waals surface area contributed by atoms with Gasteiger partial charge in [0.05, 0.1) is 7.11 Å². The highest BCUT2D eigenvalue weighted by Crippen LogP contribution is 2.32. The Morgan fingerprint density at radius 3 is 2.78 bits per heavy atom. The first-order chi connectivity index (χ1) is 8.45. The SMILES string of the molecule is COc1ncc(Br)cc1S(=O)(=O)N(C)CC1CC1. The molecule has 18 heavy (non-hydrogen) atoms. The lowest BCUT2D eigenvalue weighted by Crippen LogP contribution is -2.29. The van der Waals surface area contributed by atoms with Crippen LogP contribution in [0.15, 0.2) is 21.6 Å². The van der Waals surface area contributed by atoms with Crippen LogP contribution in [0, 0.1) is 5.92 Å². The molecule has 0 radical (unpaired) electrons. The van der Waals surface area contributed by atoms with Gasteiger partial charge in [0.15, 0.2) is 0 Å². The van der Waals surface area contributed by atoms with E-state index in [1.165, 1.54) is 23.7 Å². The number of halogens is 1. The van der Waals surface area contributed by atoms with Crippen LogP contribution in [0.25, 0.3) is 0 Å². The summed E-state index contributed by atoms with van der Waals surface area (Å²) in [5, 5.41) is 0. The molecular weight excluding hydrogens is 320 g/mol. The summed E-state index contributed by atoms with van der Waals surface area (Å²) in [5.74, 6) is 0.622. The van der Waals surface area contributed by atoms with Crippen LogP contribution in [0.4, 0.5) is 0 Å². The van der Waals surface area contributed by atoms with E-state index < -0.39 is 10.0 Å². The van der Waals surface area contributed by atoms with E-state index in [-0.39, 0.29) is 10.8 Å². The number of nitrogens with zero attached hydrogens (tertiary/aromatic N) is 2. The predicted octanol–water partition coefficient (Wildman–Crippen LogP) is 1.88. The maximum atomic E-state index is 12.4. The molecule has 7 heteroatoms. The zero-order valence-corrected chi connectivity index (χ0v) is 12.7. The highest BCUT2D eigenvalue weighted by atomic mass is 79.9. The first-order valence-electron chi connectivity index (χ1n) is 5.61. The average molecular weight is 335 g/mol. The summed E-state index contributed by atoms with van der Waals surface area (Å²) < 4.78 is 31.8. The van der Waals surface area contributed by atoms with Crippen LogP contribution in [0.5, 0.6) is 5.88 Å². The third-order valence-corrected chi connectivity index (χ3v) is 5.13. The van der Waals surface area contributed by atoms with Crippen molar-refractivity contribution in [1.82, 2.24) is 9.29 Å². The summed E-state index contributed by atoms with van der Waals surface area (Å²) in [5.41, 5.74) is 0. The molecule has 0 saturated heterocycles. The first kappa shape index (κ1) is 13.8. The molecule has 1 fully saturated rings. The molecule has 1 aliphatic rings. The van der Waals surface area contributed by atoms with Gasteiger partial charge in [-0.15, -0.1) is 0 Å². The Bertz CT molecular complexity index is 543. The Labute approximate surface area is 115 Å². The lowest BCUT2D eigenvalue weighted by atomic mass is 10.4. The molecule has 2 rings (SSSR count). The van der Waals surface area contributed by atoms with Crippen molar-refractivity contribution in [2.45, 2.75) is 17.7 Å². The van der Waals surface area contributed by atoms with E-state index in [0.717, 1.165) is 12.8 Å².